The Balaban J connectivity index is 2.19. The number of aromatic nitrogens is 2. The van der Waals surface area contributed by atoms with E-state index in [9.17, 15) is 0 Å². The lowest BCUT2D eigenvalue weighted by Crippen LogP contribution is -2.01. The second-order valence-corrected chi connectivity index (χ2v) is 4.00. The van der Waals surface area contributed by atoms with Crippen molar-refractivity contribution in [3.8, 4) is 5.75 Å². The Morgan fingerprint density at radius 1 is 1.29 bits per heavy atom. The maximum atomic E-state index is 5.72. The number of rotatable bonds is 4. The summed E-state index contributed by atoms with van der Waals surface area (Å²) in [5, 5.41) is 7.26. The van der Waals surface area contributed by atoms with E-state index in [0.717, 1.165) is 29.1 Å². The summed E-state index contributed by atoms with van der Waals surface area (Å²) in [6, 6.07) is 8.00. The lowest BCUT2D eigenvalue weighted by atomic mass is 10.1. The highest BCUT2D eigenvalue weighted by Crippen LogP contribution is 2.17. The van der Waals surface area contributed by atoms with Crippen LogP contribution >= 0.6 is 0 Å². The fraction of sp³-hybridized carbons (Fsp3) is 0.308. The quantitative estimate of drug-likeness (QED) is 0.843. The van der Waals surface area contributed by atoms with Crippen LogP contribution in [-0.2, 0) is 13.0 Å². The molecule has 0 bridgehead atoms. The second-order valence-electron chi connectivity index (χ2n) is 4.00. The molecule has 0 radical (unpaired) electrons. The Labute approximate surface area is 101 Å². The van der Waals surface area contributed by atoms with Crippen molar-refractivity contribution in [2.24, 2.45) is 5.73 Å². The highest BCUT2D eigenvalue weighted by Gasteiger charge is 2.09. The van der Waals surface area contributed by atoms with Crippen molar-refractivity contribution in [3.05, 3.63) is 46.8 Å². The van der Waals surface area contributed by atoms with Gasteiger partial charge < -0.3 is 10.5 Å². The molecule has 2 rings (SSSR count). The SMILES string of the molecule is COc1ccc(Cc2n[nH]c(C)c2CN)cc1. The molecule has 3 N–H and O–H groups in total. The van der Waals surface area contributed by atoms with Crippen LogP contribution in [0, 0.1) is 6.92 Å². The first kappa shape index (κ1) is 11.7. The van der Waals surface area contributed by atoms with Crippen molar-refractivity contribution in [1.29, 1.82) is 0 Å². The second kappa shape index (κ2) is 5.01. The van der Waals surface area contributed by atoms with Gasteiger partial charge in [-0.1, -0.05) is 12.1 Å². The first-order valence-corrected chi connectivity index (χ1v) is 5.60. The Bertz CT molecular complexity index is 488. The highest BCUT2D eigenvalue weighted by atomic mass is 16.5. The minimum atomic E-state index is 0.522. The summed E-state index contributed by atoms with van der Waals surface area (Å²) >= 11 is 0. The van der Waals surface area contributed by atoms with Crippen LogP contribution < -0.4 is 10.5 Å². The van der Waals surface area contributed by atoms with Crippen LogP contribution in [-0.4, -0.2) is 17.3 Å². The third-order valence-electron chi connectivity index (χ3n) is 2.89. The zero-order valence-electron chi connectivity index (χ0n) is 10.2. The van der Waals surface area contributed by atoms with Gasteiger partial charge in [0.05, 0.1) is 12.8 Å². The van der Waals surface area contributed by atoms with E-state index < -0.39 is 0 Å². The summed E-state index contributed by atoms with van der Waals surface area (Å²) in [5.41, 5.74) is 10.1. The van der Waals surface area contributed by atoms with Gasteiger partial charge >= 0.3 is 0 Å². The standard InChI is InChI=1S/C13H17N3O/c1-9-12(8-14)13(16-15-9)7-10-3-5-11(17-2)6-4-10/h3-6H,7-8,14H2,1-2H3,(H,15,16). The molecule has 0 amide bonds. The molecular weight excluding hydrogens is 214 g/mol. The number of ether oxygens (including phenoxy) is 1. The van der Waals surface area contributed by atoms with Crippen LogP contribution in [0.4, 0.5) is 0 Å². The summed E-state index contributed by atoms with van der Waals surface area (Å²) in [5.74, 6) is 0.867. The number of nitrogens with zero attached hydrogens (tertiary/aromatic N) is 1. The Morgan fingerprint density at radius 2 is 2.00 bits per heavy atom. The minimum absolute atomic E-state index is 0.522. The summed E-state index contributed by atoms with van der Waals surface area (Å²) in [6.07, 6.45) is 0.793. The molecule has 2 aromatic rings. The molecule has 0 atom stereocenters. The van der Waals surface area contributed by atoms with Gasteiger partial charge in [-0.05, 0) is 24.6 Å². The number of aryl methyl sites for hydroxylation is 1. The molecule has 17 heavy (non-hydrogen) atoms. The Hall–Kier alpha value is -1.81. The number of benzene rings is 1. The number of nitrogens with two attached hydrogens (primary N) is 1. The molecule has 0 unspecified atom stereocenters. The molecule has 0 aliphatic carbocycles. The average Bonchev–Trinajstić information content (AvgIpc) is 2.71. The molecule has 0 aliphatic heterocycles. The summed E-state index contributed by atoms with van der Waals surface area (Å²) < 4.78 is 5.13. The molecule has 1 aromatic carbocycles. The zero-order chi connectivity index (χ0) is 12.3. The van der Waals surface area contributed by atoms with Gasteiger partial charge in [0.1, 0.15) is 5.75 Å². The molecule has 4 heteroatoms. The van der Waals surface area contributed by atoms with E-state index in [1.165, 1.54) is 5.56 Å². The van der Waals surface area contributed by atoms with E-state index in [-0.39, 0.29) is 0 Å². The molecule has 0 spiro atoms. The van der Waals surface area contributed by atoms with Crippen LogP contribution in [0.2, 0.25) is 0 Å². The number of aromatic amines is 1. The van der Waals surface area contributed by atoms with Gasteiger partial charge in [-0.25, -0.2) is 0 Å². The normalized spacial score (nSPS) is 10.5. The zero-order valence-corrected chi connectivity index (χ0v) is 10.2. The fourth-order valence-corrected chi connectivity index (χ4v) is 1.86. The van der Waals surface area contributed by atoms with Crippen molar-refractivity contribution >= 4 is 0 Å². The Kier molecular flexibility index (Phi) is 3.44. The van der Waals surface area contributed by atoms with Crippen molar-refractivity contribution in [1.82, 2.24) is 10.2 Å². The van der Waals surface area contributed by atoms with Gasteiger partial charge in [0.2, 0.25) is 0 Å². The van der Waals surface area contributed by atoms with E-state index in [4.69, 9.17) is 10.5 Å². The van der Waals surface area contributed by atoms with E-state index in [1.54, 1.807) is 7.11 Å². The van der Waals surface area contributed by atoms with Crippen LogP contribution in [0.25, 0.3) is 0 Å². The van der Waals surface area contributed by atoms with Crippen molar-refractivity contribution < 1.29 is 4.74 Å². The number of nitrogens with one attached hydrogen (secondary N) is 1. The maximum absolute atomic E-state index is 5.72. The van der Waals surface area contributed by atoms with Crippen molar-refractivity contribution in [2.45, 2.75) is 19.9 Å². The first-order valence-electron chi connectivity index (χ1n) is 5.60. The molecule has 1 heterocycles. The summed E-state index contributed by atoms with van der Waals surface area (Å²) in [4.78, 5) is 0. The van der Waals surface area contributed by atoms with E-state index in [0.29, 0.717) is 6.54 Å². The molecule has 4 nitrogen and oxygen atoms in total. The van der Waals surface area contributed by atoms with Gasteiger partial charge in [-0.2, -0.15) is 5.10 Å². The lowest BCUT2D eigenvalue weighted by Gasteiger charge is -2.03. The van der Waals surface area contributed by atoms with Crippen LogP contribution in [0.5, 0.6) is 5.75 Å². The Morgan fingerprint density at radius 3 is 2.59 bits per heavy atom. The first-order chi connectivity index (χ1) is 8.24. The predicted molar refractivity (Wildman–Crippen MR) is 67.0 cm³/mol. The smallest absolute Gasteiger partial charge is 0.118 e. The minimum Gasteiger partial charge on any atom is -0.497 e. The van der Waals surface area contributed by atoms with E-state index in [2.05, 4.69) is 10.2 Å². The molecule has 0 saturated heterocycles. The molecule has 0 aliphatic rings. The third-order valence-corrected chi connectivity index (χ3v) is 2.89. The maximum Gasteiger partial charge on any atom is 0.118 e. The van der Waals surface area contributed by atoms with E-state index >= 15 is 0 Å². The molecule has 1 aromatic heterocycles. The monoisotopic (exact) mass is 231 g/mol. The third kappa shape index (κ3) is 2.47. The molecular formula is C13H17N3O. The van der Waals surface area contributed by atoms with Crippen molar-refractivity contribution in [3.63, 3.8) is 0 Å². The van der Waals surface area contributed by atoms with Gasteiger partial charge in [-0.3, -0.25) is 5.10 Å². The number of hydrogen-bond acceptors (Lipinski definition) is 3. The molecule has 0 fully saturated rings. The van der Waals surface area contributed by atoms with Gasteiger partial charge in [-0.15, -0.1) is 0 Å². The van der Waals surface area contributed by atoms with Crippen LogP contribution in [0.3, 0.4) is 0 Å². The molecule has 90 valence electrons. The van der Waals surface area contributed by atoms with E-state index in [1.807, 2.05) is 31.2 Å². The van der Waals surface area contributed by atoms with Crippen LogP contribution in [0.15, 0.2) is 24.3 Å². The van der Waals surface area contributed by atoms with Gasteiger partial charge in [0, 0.05) is 24.2 Å². The molecule has 0 saturated carbocycles. The highest BCUT2D eigenvalue weighted by molar-refractivity contribution is 5.33. The predicted octanol–water partition coefficient (Wildman–Crippen LogP) is 1.78. The largest absolute Gasteiger partial charge is 0.497 e. The number of methoxy groups -OCH3 is 1. The number of hydrogen-bond donors (Lipinski definition) is 2. The van der Waals surface area contributed by atoms with Gasteiger partial charge in [0.25, 0.3) is 0 Å². The lowest BCUT2D eigenvalue weighted by molar-refractivity contribution is 0.414. The summed E-state index contributed by atoms with van der Waals surface area (Å²) in [6.45, 7) is 2.51. The van der Waals surface area contributed by atoms with Gasteiger partial charge in [0.15, 0.2) is 0 Å². The fourth-order valence-electron chi connectivity index (χ4n) is 1.86. The number of H-pyrrole nitrogens is 1. The van der Waals surface area contributed by atoms with Crippen molar-refractivity contribution in [2.75, 3.05) is 7.11 Å². The summed E-state index contributed by atoms with van der Waals surface area (Å²) in [7, 11) is 1.67. The topological polar surface area (TPSA) is 63.9 Å². The van der Waals surface area contributed by atoms with Crippen LogP contribution in [0.1, 0.15) is 22.5 Å². The average molecular weight is 231 g/mol.